The molecule has 0 bridgehead atoms. The van der Waals surface area contributed by atoms with E-state index in [4.69, 9.17) is 11.6 Å². The van der Waals surface area contributed by atoms with Crippen molar-refractivity contribution in [2.45, 2.75) is 18.9 Å². The van der Waals surface area contributed by atoms with E-state index in [1.807, 2.05) is 18.2 Å². The Bertz CT molecular complexity index is 337. The quantitative estimate of drug-likeness (QED) is 0.892. The molecule has 4 heteroatoms. The first-order chi connectivity index (χ1) is 7.25. The van der Waals surface area contributed by atoms with Gasteiger partial charge >= 0.3 is 0 Å². The summed E-state index contributed by atoms with van der Waals surface area (Å²) in [5, 5.41) is 7.61. The summed E-state index contributed by atoms with van der Waals surface area (Å²) in [6, 6.07) is 6.52. The number of rotatable bonds is 3. The van der Waals surface area contributed by atoms with Gasteiger partial charge in [-0.05, 0) is 53.5 Å². The van der Waals surface area contributed by atoms with Crippen molar-refractivity contribution in [2.24, 2.45) is 0 Å². The molecule has 1 fully saturated rings. The van der Waals surface area contributed by atoms with E-state index in [0.29, 0.717) is 6.04 Å². The fourth-order valence-corrected chi connectivity index (χ4v) is 2.27. The van der Waals surface area contributed by atoms with Crippen molar-refractivity contribution >= 4 is 33.2 Å². The van der Waals surface area contributed by atoms with Crippen molar-refractivity contribution < 1.29 is 0 Å². The Morgan fingerprint density at radius 1 is 1.53 bits per heavy atom. The molecule has 2 rings (SSSR count). The van der Waals surface area contributed by atoms with E-state index < -0.39 is 0 Å². The summed E-state index contributed by atoms with van der Waals surface area (Å²) in [5.41, 5.74) is 1.11. The monoisotopic (exact) mass is 288 g/mol. The van der Waals surface area contributed by atoms with Gasteiger partial charge < -0.3 is 10.6 Å². The van der Waals surface area contributed by atoms with Crippen LogP contribution in [-0.2, 0) is 0 Å². The molecule has 2 N–H and O–H groups in total. The minimum atomic E-state index is 0.611. The molecule has 0 radical (unpaired) electrons. The lowest BCUT2D eigenvalue weighted by Crippen LogP contribution is -2.29. The van der Waals surface area contributed by atoms with Crippen LogP contribution in [0.15, 0.2) is 22.7 Å². The van der Waals surface area contributed by atoms with Crippen LogP contribution in [0, 0.1) is 0 Å². The second-order valence-electron chi connectivity index (χ2n) is 3.80. The highest BCUT2D eigenvalue weighted by Gasteiger charge is 2.13. The minimum absolute atomic E-state index is 0.611. The molecule has 2 nitrogen and oxygen atoms in total. The summed E-state index contributed by atoms with van der Waals surface area (Å²) < 4.78 is 0.938. The molecule has 1 aliphatic heterocycles. The molecule has 0 aliphatic carbocycles. The highest BCUT2D eigenvalue weighted by molar-refractivity contribution is 9.10. The predicted molar refractivity (Wildman–Crippen MR) is 68.7 cm³/mol. The van der Waals surface area contributed by atoms with Crippen LogP contribution in [0.25, 0.3) is 0 Å². The lowest BCUT2D eigenvalue weighted by molar-refractivity contribution is 0.633. The molecule has 15 heavy (non-hydrogen) atoms. The molecule has 1 aliphatic rings. The van der Waals surface area contributed by atoms with Crippen molar-refractivity contribution in [3.05, 3.63) is 27.7 Å². The third kappa shape index (κ3) is 3.10. The van der Waals surface area contributed by atoms with Gasteiger partial charge in [-0.15, -0.1) is 0 Å². The van der Waals surface area contributed by atoms with Crippen LogP contribution in [-0.4, -0.2) is 19.1 Å². The minimum Gasteiger partial charge on any atom is -0.383 e. The van der Waals surface area contributed by atoms with Crippen molar-refractivity contribution in [1.82, 2.24) is 5.32 Å². The normalized spacial score (nSPS) is 20.5. The number of nitrogens with one attached hydrogen (secondary N) is 2. The topological polar surface area (TPSA) is 24.1 Å². The summed E-state index contributed by atoms with van der Waals surface area (Å²) in [7, 11) is 0. The van der Waals surface area contributed by atoms with Gasteiger partial charge in [0.25, 0.3) is 0 Å². The van der Waals surface area contributed by atoms with E-state index in [-0.39, 0.29) is 0 Å². The lowest BCUT2D eigenvalue weighted by atomic mass is 10.2. The third-order valence-electron chi connectivity index (χ3n) is 2.63. The number of anilines is 1. The summed E-state index contributed by atoms with van der Waals surface area (Å²) in [5.74, 6) is 0. The molecule has 1 saturated heterocycles. The van der Waals surface area contributed by atoms with Crippen molar-refractivity contribution in [3.8, 4) is 0 Å². The first kappa shape index (κ1) is 11.2. The Hall–Kier alpha value is -0.250. The van der Waals surface area contributed by atoms with Crippen LogP contribution in [0.4, 0.5) is 5.69 Å². The zero-order valence-electron chi connectivity index (χ0n) is 8.39. The molecule has 1 unspecified atom stereocenters. The van der Waals surface area contributed by atoms with Crippen LogP contribution < -0.4 is 10.6 Å². The van der Waals surface area contributed by atoms with Crippen LogP contribution in [0.1, 0.15) is 12.8 Å². The van der Waals surface area contributed by atoms with Crippen molar-refractivity contribution in [1.29, 1.82) is 0 Å². The van der Waals surface area contributed by atoms with Crippen molar-refractivity contribution in [2.75, 3.05) is 18.4 Å². The number of benzene rings is 1. The molecule has 82 valence electrons. The summed E-state index contributed by atoms with van der Waals surface area (Å²) in [6.45, 7) is 2.13. The predicted octanol–water partition coefficient (Wildman–Crippen LogP) is 3.27. The Kier molecular flexibility index (Phi) is 3.89. The van der Waals surface area contributed by atoms with Gasteiger partial charge in [0.2, 0.25) is 0 Å². The first-order valence-corrected chi connectivity index (χ1v) is 6.35. The van der Waals surface area contributed by atoms with Crippen LogP contribution >= 0.6 is 27.5 Å². The maximum Gasteiger partial charge on any atom is 0.0549 e. The molecule has 0 amide bonds. The van der Waals surface area contributed by atoms with E-state index in [2.05, 4.69) is 26.6 Å². The molecule has 0 spiro atoms. The largest absolute Gasteiger partial charge is 0.383 e. The van der Waals surface area contributed by atoms with E-state index in [9.17, 15) is 0 Å². The average molecular weight is 290 g/mol. The Labute approximate surface area is 104 Å². The lowest BCUT2D eigenvalue weighted by Gasteiger charge is -2.12. The fraction of sp³-hybridized carbons (Fsp3) is 0.455. The second kappa shape index (κ2) is 5.19. The van der Waals surface area contributed by atoms with Crippen LogP contribution in [0.5, 0.6) is 0 Å². The standard InChI is InChI=1S/C11H14BrClN2/c12-10-6-8(3-4-11(10)13)15-7-9-2-1-5-14-9/h3-4,6,9,14-15H,1-2,5,7H2. The van der Waals surface area contributed by atoms with Gasteiger partial charge in [0.1, 0.15) is 0 Å². The van der Waals surface area contributed by atoms with Gasteiger partial charge in [0, 0.05) is 22.7 Å². The SMILES string of the molecule is Clc1ccc(NCC2CCCN2)cc1Br. The van der Waals surface area contributed by atoms with E-state index >= 15 is 0 Å². The van der Waals surface area contributed by atoms with E-state index in [0.717, 1.165) is 28.3 Å². The third-order valence-corrected chi connectivity index (χ3v) is 3.85. The Morgan fingerprint density at radius 2 is 2.40 bits per heavy atom. The molecule has 0 saturated carbocycles. The van der Waals surface area contributed by atoms with Gasteiger partial charge in [-0.25, -0.2) is 0 Å². The maximum atomic E-state index is 5.92. The summed E-state index contributed by atoms with van der Waals surface area (Å²) >= 11 is 9.33. The highest BCUT2D eigenvalue weighted by Crippen LogP contribution is 2.25. The molecular formula is C11H14BrClN2. The van der Waals surface area contributed by atoms with Gasteiger partial charge in [-0.1, -0.05) is 11.6 Å². The molecule has 1 aromatic carbocycles. The zero-order valence-corrected chi connectivity index (χ0v) is 10.7. The van der Waals surface area contributed by atoms with Crippen LogP contribution in [0.3, 0.4) is 0 Å². The van der Waals surface area contributed by atoms with Gasteiger partial charge in [0.05, 0.1) is 5.02 Å². The summed E-state index contributed by atoms with van der Waals surface area (Å²) in [4.78, 5) is 0. The smallest absolute Gasteiger partial charge is 0.0549 e. The van der Waals surface area contributed by atoms with Crippen LogP contribution in [0.2, 0.25) is 5.02 Å². The van der Waals surface area contributed by atoms with Gasteiger partial charge in [-0.3, -0.25) is 0 Å². The first-order valence-electron chi connectivity index (χ1n) is 5.18. The molecule has 0 aromatic heterocycles. The maximum absolute atomic E-state index is 5.92. The molecule has 1 aromatic rings. The zero-order chi connectivity index (χ0) is 10.7. The Morgan fingerprint density at radius 3 is 3.07 bits per heavy atom. The van der Waals surface area contributed by atoms with Gasteiger partial charge in [0.15, 0.2) is 0 Å². The van der Waals surface area contributed by atoms with Crippen molar-refractivity contribution in [3.63, 3.8) is 0 Å². The second-order valence-corrected chi connectivity index (χ2v) is 5.06. The molecule has 1 atom stereocenters. The number of halogens is 2. The highest BCUT2D eigenvalue weighted by atomic mass is 79.9. The molecule has 1 heterocycles. The number of hydrogen-bond acceptors (Lipinski definition) is 2. The summed E-state index contributed by atoms with van der Waals surface area (Å²) in [6.07, 6.45) is 2.55. The van der Waals surface area contributed by atoms with Gasteiger partial charge in [-0.2, -0.15) is 0 Å². The number of hydrogen-bond donors (Lipinski definition) is 2. The Balaban J connectivity index is 1.90. The fourth-order valence-electron chi connectivity index (χ4n) is 1.78. The van der Waals surface area contributed by atoms with E-state index in [1.165, 1.54) is 12.8 Å². The van der Waals surface area contributed by atoms with E-state index in [1.54, 1.807) is 0 Å². The molecular weight excluding hydrogens is 275 g/mol. The average Bonchev–Trinajstić information content (AvgIpc) is 2.73.